The minimum absolute atomic E-state index is 0.0634. The van der Waals surface area contributed by atoms with Gasteiger partial charge in [-0.15, -0.1) is 0 Å². The van der Waals surface area contributed by atoms with Gasteiger partial charge in [0.1, 0.15) is 3.81 Å². The molecule has 0 aromatic carbocycles. The molecule has 0 saturated carbocycles. The first-order chi connectivity index (χ1) is 11.9. The van der Waals surface area contributed by atoms with Gasteiger partial charge in [-0.05, 0) is 69.5 Å². The van der Waals surface area contributed by atoms with Crippen molar-refractivity contribution in [3.8, 4) is 0 Å². The van der Waals surface area contributed by atoms with Crippen molar-refractivity contribution in [2.24, 2.45) is 11.3 Å². The van der Waals surface area contributed by atoms with Crippen LogP contribution in [0.15, 0.2) is 22.0 Å². The number of carbonyl (C=O) groups is 2. The highest BCUT2D eigenvalue weighted by atomic mass is 79.9. The Kier molecular flexibility index (Phi) is 7.65. The van der Waals surface area contributed by atoms with Crippen LogP contribution in [0.2, 0.25) is 0 Å². The van der Waals surface area contributed by atoms with E-state index < -0.39 is 37.9 Å². The molecule has 6 nitrogen and oxygen atoms in total. The van der Waals surface area contributed by atoms with Gasteiger partial charge in [0.15, 0.2) is 15.3 Å². The van der Waals surface area contributed by atoms with Crippen LogP contribution in [0.5, 0.6) is 0 Å². The van der Waals surface area contributed by atoms with E-state index in [1.807, 2.05) is 6.08 Å². The van der Waals surface area contributed by atoms with E-state index in [1.165, 1.54) is 0 Å². The molecule has 0 N–H and O–H groups in total. The van der Waals surface area contributed by atoms with E-state index in [-0.39, 0.29) is 17.0 Å². The van der Waals surface area contributed by atoms with E-state index in [1.54, 1.807) is 40.7 Å². The van der Waals surface area contributed by atoms with Crippen LogP contribution in [0.3, 0.4) is 0 Å². The summed E-state index contributed by atoms with van der Waals surface area (Å²) in [6.45, 7) is 8.02. The lowest BCUT2D eigenvalue weighted by atomic mass is 9.74. The molecule has 0 radical (unpaired) electrons. The van der Waals surface area contributed by atoms with Gasteiger partial charge in [-0.1, -0.05) is 12.2 Å². The summed E-state index contributed by atoms with van der Waals surface area (Å²) in [5, 5.41) is 0. The zero-order valence-electron chi connectivity index (χ0n) is 15.9. The highest BCUT2D eigenvalue weighted by molar-refractivity contribution is 9.13. The van der Waals surface area contributed by atoms with Crippen LogP contribution in [0.25, 0.3) is 0 Å². The second-order valence-electron chi connectivity index (χ2n) is 6.99. The molecule has 8 heteroatoms. The summed E-state index contributed by atoms with van der Waals surface area (Å²) in [4.78, 5) is 25.7. The van der Waals surface area contributed by atoms with Crippen molar-refractivity contribution in [2.45, 2.75) is 52.2 Å². The lowest BCUT2D eigenvalue weighted by Gasteiger charge is -2.32. The van der Waals surface area contributed by atoms with Gasteiger partial charge in [-0.25, -0.2) is 8.42 Å². The molecule has 1 rings (SSSR count). The van der Waals surface area contributed by atoms with E-state index in [9.17, 15) is 18.0 Å². The Bertz CT molecular complexity index is 682. The summed E-state index contributed by atoms with van der Waals surface area (Å²) in [7, 11) is -3.80. The van der Waals surface area contributed by atoms with Crippen LogP contribution >= 0.6 is 15.9 Å². The predicted molar refractivity (Wildman–Crippen MR) is 103 cm³/mol. The fraction of sp³-hybridized carbons (Fsp3) is 0.667. The first-order valence-corrected chi connectivity index (χ1v) is 10.9. The minimum Gasteiger partial charge on any atom is -0.465 e. The number of esters is 2. The minimum atomic E-state index is -3.80. The van der Waals surface area contributed by atoms with Crippen molar-refractivity contribution in [2.75, 3.05) is 13.2 Å². The van der Waals surface area contributed by atoms with Gasteiger partial charge in [0.2, 0.25) is 0 Å². The van der Waals surface area contributed by atoms with Gasteiger partial charge in [-0.2, -0.15) is 0 Å². The first-order valence-electron chi connectivity index (χ1n) is 8.59. The Balaban J connectivity index is 3.66. The van der Waals surface area contributed by atoms with Gasteiger partial charge in [-0.3, -0.25) is 9.59 Å². The van der Waals surface area contributed by atoms with Crippen molar-refractivity contribution in [1.82, 2.24) is 0 Å². The number of halogens is 1. The highest BCUT2D eigenvalue weighted by Gasteiger charge is 2.54. The molecule has 1 unspecified atom stereocenters. The molecule has 1 aliphatic rings. The van der Waals surface area contributed by atoms with Crippen LogP contribution in [0, 0.1) is 11.3 Å². The van der Waals surface area contributed by atoms with Crippen LogP contribution in [0.4, 0.5) is 0 Å². The third kappa shape index (κ3) is 4.39. The smallest absolute Gasteiger partial charge is 0.328 e. The average molecular weight is 451 g/mol. The zero-order chi connectivity index (χ0) is 20.2. The lowest BCUT2D eigenvalue weighted by Crippen LogP contribution is -2.46. The Morgan fingerprint density at radius 2 is 1.65 bits per heavy atom. The summed E-state index contributed by atoms with van der Waals surface area (Å²) in [6.07, 6.45) is 5.96. The maximum absolute atomic E-state index is 12.9. The van der Waals surface area contributed by atoms with E-state index in [0.29, 0.717) is 12.8 Å². The van der Waals surface area contributed by atoms with E-state index in [4.69, 9.17) is 9.47 Å². The SMILES string of the molecule is CCOC(=O)C(/C=C(\Br)S(=O)(=O)C(C)(C)C)(C(=O)OCC)C1C=CCC1. The van der Waals surface area contributed by atoms with Crippen molar-refractivity contribution in [1.29, 1.82) is 0 Å². The number of rotatable bonds is 7. The second kappa shape index (κ2) is 8.69. The standard InChI is InChI=1S/C18H27BrO6S/c1-6-24-15(20)18(16(21)25-7-2,13-10-8-9-11-13)12-14(19)26(22,23)17(3,4)5/h8,10,12-13H,6-7,9,11H2,1-5H3/b14-12+. The fourth-order valence-electron chi connectivity index (χ4n) is 2.67. The van der Waals surface area contributed by atoms with Crippen LogP contribution in [-0.2, 0) is 28.9 Å². The molecule has 0 aromatic rings. The van der Waals surface area contributed by atoms with Crippen molar-refractivity contribution < 1.29 is 27.5 Å². The van der Waals surface area contributed by atoms with Gasteiger partial charge >= 0.3 is 11.9 Å². The van der Waals surface area contributed by atoms with Crippen LogP contribution in [-0.4, -0.2) is 38.3 Å². The maximum Gasteiger partial charge on any atom is 0.328 e. The monoisotopic (exact) mass is 450 g/mol. The van der Waals surface area contributed by atoms with Gasteiger partial charge in [0.25, 0.3) is 0 Å². The van der Waals surface area contributed by atoms with E-state index in [2.05, 4.69) is 15.9 Å². The number of carbonyl (C=O) groups excluding carboxylic acids is 2. The first kappa shape index (κ1) is 22.9. The summed E-state index contributed by atoms with van der Waals surface area (Å²) in [5.41, 5.74) is -1.85. The topological polar surface area (TPSA) is 86.7 Å². The molecule has 0 saturated heterocycles. The van der Waals surface area contributed by atoms with Gasteiger partial charge in [0, 0.05) is 5.92 Å². The summed E-state index contributed by atoms with van der Waals surface area (Å²) < 4.78 is 34.5. The zero-order valence-corrected chi connectivity index (χ0v) is 18.3. The Hall–Kier alpha value is -1.15. The van der Waals surface area contributed by atoms with Crippen molar-refractivity contribution >= 4 is 37.7 Å². The third-order valence-corrected chi connectivity index (χ3v) is 7.98. The molecule has 0 heterocycles. The third-order valence-electron chi connectivity index (χ3n) is 4.23. The predicted octanol–water partition coefficient (Wildman–Crippen LogP) is 3.51. The molecule has 0 aromatic heterocycles. The Labute approximate surface area is 164 Å². The normalized spacial score (nSPS) is 18.7. The highest BCUT2D eigenvalue weighted by Crippen LogP contribution is 2.43. The van der Waals surface area contributed by atoms with Gasteiger partial charge < -0.3 is 9.47 Å². The molecular weight excluding hydrogens is 424 g/mol. The number of allylic oxidation sites excluding steroid dienone is 2. The molecule has 0 bridgehead atoms. The molecule has 1 aliphatic carbocycles. The van der Waals surface area contributed by atoms with Crippen molar-refractivity contribution in [3.05, 3.63) is 22.0 Å². The summed E-state index contributed by atoms with van der Waals surface area (Å²) in [6, 6.07) is 0. The molecular formula is C18H27BrO6S. The summed E-state index contributed by atoms with van der Waals surface area (Å²) >= 11 is 3.09. The quantitative estimate of drug-likeness (QED) is 0.335. The Morgan fingerprint density at radius 3 is 2.00 bits per heavy atom. The van der Waals surface area contributed by atoms with Gasteiger partial charge in [0.05, 0.1) is 18.0 Å². The van der Waals surface area contributed by atoms with E-state index >= 15 is 0 Å². The molecule has 0 amide bonds. The largest absolute Gasteiger partial charge is 0.465 e. The number of hydrogen-bond donors (Lipinski definition) is 0. The Morgan fingerprint density at radius 1 is 1.15 bits per heavy atom. The summed E-state index contributed by atoms with van der Waals surface area (Å²) in [5.74, 6) is -2.16. The lowest BCUT2D eigenvalue weighted by molar-refractivity contribution is -0.170. The maximum atomic E-state index is 12.9. The molecule has 1 atom stereocenters. The molecule has 0 spiro atoms. The fourth-order valence-corrected chi connectivity index (χ4v) is 5.42. The van der Waals surface area contributed by atoms with Crippen LogP contribution < -0.4 is 0 Å². The van der Waals surface area contributed by atoms with Crippen LogP contribution in [0.1, 0.15) is 47.5 Å². The molecule has 0 aliphatic heterocycles. The average Bonchev–Trinajstić information content (AvgIpc) is 3.06. The molecule has 26 heavy (non-hydrogen) atoms. The number of sulfone groups is 1. The van der Waals surface area contributed by atoms with Crippen molar-refractivity contribution in [3.63, 3.8) is 0 Å². The second-order valence-corrected chi connectivity index (χ2v) is 11.0. The van der Waals surface area contributed by atoms with E-state index in [0.717, 1.165) is 6.08 Å². The molecule has 0 fully saturated rings. The number of hydrogen-bond acceptors (Lipinski definition) is 6. The number of ether oxygens (including phenoxy) is 2. The molecule has 148 valence electrons.